The first-order chi connectivity index (χ1) is 6.72. The van der Waals surface area contributed by atoms with Gasteiger partial charge in [0.25, 0.3) is 0 Å². The van der Waals surface area contributed by atoms with E-state index >= 15 is 0 Å². The van der Waals surface area contributed by atoms with Crippen molar-refractivity contribution in [2.45, 2.75) is 57.3 Å². The van der Waals surface area contributed by atoms with Crippen LogP contribution in [0.2, 0.25) is 0 Å². The topological polar surface area (TPSA) is 38.7 Å². The number of aliphatic hydroxyl groups is 1. The van der Waals surface area contributed by atoms with E-state index in [1.54, 1.807) is 7.11 Å². The minimum Gasteiger partial charge on any atom is -0.393 e. The van der Waals surface area contributed by atoms with Crippen molar-refractivity contribution in [1.82, 2.24) is 0 Å². The van der Waals surface area contributed by atoms with E-state index in [1.165, 1.54) is 6.42 Å². The first-order valence-corrected chi connectivity index (χ1v) is 5.55. The summed E-state index contributed by atoms with van der Waals surface area (Å²) in [5.41, 5.74) is 0. The average molecular weight is 202 g/mol. The highest BCUT2D eigenvalue weighted by atomic mass is 16.5. The van der Waals surface area contributed by atoms with Gasteiger partial charge in [-0.25, -0.2) is 0 Å². The maximum atomic E-state index is 9.68. The summed E-state index contributed by atoms with van der Waals surface area (Å²) in [6.45, 7) is 2.88. The maximum absolute atomic E-state index is 9.68. The van der Waals surface area contributed by atoms with Crippen LogP contribution in [-0.2, 0) is 9.47 Å². The number of methoxy groups -OCH3 is 1. The fraction of sp³-hybridized carbons (Fsp3) is 1.00. The van der Waals surface area contributed by atoms with Crippen molar-refractivity contribution in [3.05, 3.63) is 0 Å². The van der Waals surface area contributed by atoms with Crippen LogP contribution in [0.5, 0.6) is 0 Å². The predicted molar refractivity (Wildman–Crippen MR) is 55.3 cm³/mol. The highest BCUT2D eigenvalue weighted by molar-refractivity contribution is 4.68. The van der Waals surface area contributed by atoms with E-state index in [0.29, 0.717) is 6.10 Å². The van der Waals surface area contributed by atoms with Crippen molar-refractivity contribution in [1.29, 1.82) is 0 Å². The van der Waals surface area contributed by atoms with Gasteiger partial charge in [0.2, 0.25) is 0 Å². The van der Waals surface area contributed by atoms with Crippen molar-refractivity contribution >= 4 is 0 Å². The minimum absolute atomic E-state index is 0.148. The molecule has 14 heavy (non-hydrogen) atoms. The van der Waals surface area contributed by atoms with Crippen molar-refractivity contribution in [2.75, 3.05) is 13.7 Å². The molecular weight excluding hydrogens is 180 g/mol. The van der Waals surface area contributed by atoms with Crippen LogP contribution in [0.4, 0.5) is 0 Å². The van der Waals surface area contributed by atoms with Gasteiger partial charge in [-0.3, -0.25) is 0 Å². The monoisotopic (exact) mass is 202 g/mol. The van der Waals surface area contributed by atoms with Crippen LogP contribution in [0.3, 0.4) is 0 Å². The highest BCUT2D eigenvalue weighted by Crippen LogP contribution is 2.18. The molecule has 84 valence electrons. The van der Waals surface area contributed by atoms with E-state index in [1.807, 2.05) is 6.92 Å². The molecule has 1 saturated heterocycles. The van der Waals surface area contributed by atoms with Gasteiger partial charge in [-0.1, -0.05) is 0 Å². The van der Waals surface area contributed by atoms with E-state index in [2.05, 4.69) is 0 Å². The zero-order chi connectivity index (χ0) is 10.4. The molecule has 1 rings (SSSR count). The Morgan fingerprint density at radius 1 is 1.57 bits per heavy atom. The van der Waals surface area contributed by atoms with E-state index in [4.69, 9.17) is 9.47 Å². The molecule has 0 saturated carbocycles. The van der Waals surface area contributed by atoms with Crippen LogP contribution in [0.1, 0.15) is 39.0 Å². The van der Waals surface area contributed by atoms with E-state index in [-0.39, 0.29) is 12.2 Å². The van der Waals surface area contributed by atoms with Gasteiger partial charge in [-0.15, -0.1) is 0 Å². The summed E-state index contributed by atoms with van der Waals surface area (Å²) in [4.78, 5) is 0. The van der Waals surface area contributed by atoms with E-state index < -0.39 is 0 Å². The van der Waals surface area contributed by atoms with Crippen LogP contribution >= 0.6 is 0 Å². The third-order valence-electron chi connectivity index (χ3n) is 2.85. The van der Waals surface area contributed by atoms with E-state index in [9.17, 15) is 5.11 Å². The van der Waals surface area contributed by atoms with Crippen LogP contribution < -0.4 is 0 Å². The lowest BCUT2D eigenvalue weighted by atomic mass is 10.0. The Balaban J connectivity index is 2.04. The molecule has 1 heterocycles. The molecule has 1 aliphatic rings. The van der Waals surface area contributed by atoms with Crippen LogP contribution in [0.25, 0.3) is 0 Å². The molecule has 0 aromatic heterocycles. The van der Waals surface area contributed by atoms with Crippen LogP contribution in [-0.4, -0.2) is 37.1 Å². The zero-order valence-corrected chi connectivity index (χ0v) is 9.24. The molecule has 1 aliphatic heterocycles. The third-order valence-corrected chi connectivity index (χ3v) is 2.85. The number of aliphatic hydroxyl groups excluding tert-OH is 1. The fourth-order valence-corrected chi connectivity index (χ4v) is 1.85. The van der Waals surface area contributed by atoms with Gasteiger partial charge >= 0.3 is 0 Å². The molecular formula is C11H22O3. The van der Waals surface area contributed by atoms with Gasteiger partial charge in [0.05, 0.1) is 18.3 Å². The smallest absolute Gasteiger partial charge is 0.0577 e. The molecule has 3 heteroatoms. The van der Waals surface area contributed by atoms with E-state index in [0.717, 1.165) is 32.3 Å². The number of hydrogen-bond acceptors (Lipinski definition) is 3. The van der Waals surface area contributed by atoms with Gasteiger partial charge in [0.15, 0.2) is 0 Å². The molecule has 1 fully saturated rings. The minimum atomic E-state index is -0.242. The van der Waals surface area contributed by atoms with Crippen molar-refractivity contribution in [3.63, 3.8) is 0 Å². The third kappa shape index (κ3) is 4.40. The summed E-state index contributed by atoms with van der Waals surface area (Å²) in [6, 6.07) is 0. The summed E-state index contributed by atoms with van der Waals surface area (Å²) in [7, 11) is 1.68. The Kier molecular flexibility index (Phi) is 5.45. The summed E-state index contributed by atoms with van der Waals surface area (Å²) < 4.78 is 10.6. The summed E-state index contributed by atoms with van der Waals surface area (Å²) in [6.07, 6.45) is 5.17. The molecule has 3 unspecified atom stereocenters. The molecule has 0 radical (unpaired) electrons. The normalized spacial score (nSPS) is 26.4. The largest absolute Gasteiger partial charge is 0.393 e. The summed E-state index contributed by atoms with van der Waals surface area (Å²) in [5.74, 6) is 0. The Morgan fingerprint density at radius 2 is 2.36 bits per heavy atom. The Labute approximate surface area is 86.4 Å². The van der Waals surface area contributed by atoms with Crippen molar-refractivity contribution in [2.24, 2.45) is 0 Å². The van der Waals surface area contributed by atoms with Gasteiger partial charge in [-0.05, 0) is 39.0 Å². The molecule has 0 aromatic rings. The summed E-state index contributed by atoms with van der Waals surface area (Å²) >= 11 is 0. The first kappa shape index (κ1) is 12.0. The second-order valence-electron chi connectivity index (χ2n) is 4.15. The molecule has 0 amide bonds. The lowest BCUT2D eigenvalue weighted by molar-refractivity contribution is 0.0393. The van der Waals surface area contributed by atoms with Crippen LogP contribution in [0.15, 0.2) is 0 Å². The number of ether oxygens (including phenoxy) is 2. The molecule has 0 aliphatic carbocycles. The fourth-order valence-electron chi connectivity index (χ4n) is 1.85. The standard InChI is InChI=1S/C11H22O3/c1-9(13-2)8-10(12)5-6-11-4-3-7-14-11/h9-12H,3-8H2,1-2H3. The average Bonchev–Trinajstić information content (AvgIpc) is 2.67. The Bertz CT molecular complexity index is 143. The van der Waals surface area contributed by atoms with Gasteiger partial charge < -0.3 is 14.6 Å². The molecule has 0 aromatic carbocycles. The maximum Gasteiger partial charge on any atom is 0.0577 e. The lowest BCUT2D eigenvalue weighted by Gasteiger charge is -2.16. The molecule has 3 nitrogen and oxygen atoms in total. The second kappa shape index (κ2) is 6.38. The zero-order valence-electron chi connectivity index (χ0n) is 9.24. The second-order valence-corrected chi connectivity index (χ2v) is 4.15. The number of hydrogen-bond donors (Lipinski definition) is 1. The van der Waals surface area contributed by atoms with Gasteiger partial charge in [0.1, 0.15) is 0 Å². The predicted octanol–water partition coefficient (Wildman–Crippen LogP) is 1.73. The number of rotatable bonds is 6. The van der Waals surface area contributed by atoms with Gasteiger partial charge in [0, 0.05) is 13.7 Å². The van der Waals surface area contributed by atoms with Crippen molar-refractivity contribution < 1.29 is 14.6 Å². The van der Waals surface area contributed by atoms with Gasteiger partial charge in [-0.2, -0.15) is 0 Å². The Hall–Kier alpha value is -0.120. The first-order valence-electron chi connectivity index (χ1n) is 5.55. The molecule has 1 N–H and O–H groups in total. The molecule has 3 atom stereocenters. The highest BCUT2D eigenvalue weighted by Gasteiger charge is 2.17. The Morgan fingerprint density at radius 3 is 2.93 bits per heavy atom. The molecule has 0 bridgehead atoms. The summed E-state index contributed by atoms with van der Waals surface area (Å²) in [5, 5.41) is 9.68. The quantitative estimate of drug-likeness (QED) is 0.713. The molecule has 0 spiro atoms. The van der Waals surface area contributed by atoms with Crippen molar-refractivity contribution in [3.8, 4) is 0 Å². The lowest BCUT2D eigenvalue weighted by Crippen LogP contribution is -2.18. The SMILES string of the molecule is COC(C)CC(O)CCC1CCCO1. The van der Waals surface area contributed by atoms with Crippen LogP contribution in [0, 0.1) is 0 Å².